The number of ether oxygens (including phenoxy) is 1. The Kier molecular flexibility index (Phi) is 2.14. The van der Waals surface area contributed by atoms with Crippen LogP contribution in [-0.4, -0.2) is 28.9 Å². The van der Waals surface area contributed by atoms with Gasteiger partial charge in [-0.1, -0.05) is 26.0 Å². The van der Waals surface area contributed by atoms with Crippen molar-refractivity contribution in [3.05, 3.63) is 12.2 Å². The molecule has 0 unspecified atom stereocenters. The third kappa shape index (κ3) is 1.14. The Morgan fingerprint density at radius 3 is 2.72 bits per heavy atom. The van der Waals surface area contributed by atoms with E-state index in [1.807, 2.05) is 39.8 Å². The second kappa shape index (κ2) is 3.23. The molecular formula is C14H19NO3. The monoisotopic (exact) mass is 249 g/mol. The van der Waals surface area contributed by atoms with Crippen molar-refractivity contribution < 1.29 is 14.3 Å². The summed E-state index contributed by atoms with van der Waals surface area (Å²) in [7, 11) is 0. The van der Waals surface area contributed by atoms with E-state index in [0.29, 0.717) is 0 Å². The summed E-state index contributed by atoms with van der Waals surface area (Å²) in [6, 6.07) is -0.0713. The van der Waals surface area contributed by atoms with E-state index in [1.54, 1.807) is 0 Å². The van der Waals surface area contributed by atoms with E-state index in [2.05, 4.69) is 5.32 Å². The van der Waals surface area contributed by atoms with E-state index in [-0.39, 0.29) is 35.5 Å². The predicted octanol–water partition coefficient (Wildman–Crippen LogP) is 1.06. The molecule has 2 bridgehead atoms. The number of carbonyl (C=O) groups is 2. The SMILES string of the molecule is CC(C)C(=O)[C@@H]1[C@@H]2C(=O)N[C@@H](C)[C@@]23C=C[C@]1(C)O3. The summed E-state index contributed by atoms with van der Waals surface area (Å²) in [6.45, 7) is 7.62. The maximum Gasteiger partial charge on any atom is 0.227 e. The zero-order valence-electron chi connectivity index (χ0n) is 11.2. The first-order valence-electron chi connectivity index (χ1n) is 6.56. The molecule has 98 valence electrons. The summed E-state index contributed by atoms with van der Waals surface area (Å²) in [5, 5.41) is 2.91. The van der Waals surface area contributed by atoms with E-state index in [9.17, 15) is 9.59 Å². The zero-order chi connectivity index (χ0) is 13.3. The van der Waals surface area contributed by atoms with Crippen LogP contribution in [0, 0.1) is 17.8 Å². The summed E-state index contributed by atoms with van der Waals surface area (Å²) in [6.07, 6.45) is 3.94. The number of nitrogens with one attached hydrogen (secondary N) is 1. The van der Waals surface area contributed by atoms with Gasteiger partial charge in [-0.05, 0) is 13.8 Å². The largest absolute Gasteiger partial charge is 0.357 e. The molecule has 0 radical (unpaired) electrons. The van der Waals surface area contributed by atoms with Crippen LogP contribution in [0.5, 0.6) is 0 Å². The Hall–Kier alpha value is -1.16. The van der Waals surface area contributed by atoms with Gasteiger partial charge in [-0.2, -0.15) is 0 Å². The van der Waals surface area contributed by atoms with Crippen molar-refractivity contribution in [3.8, 4) is 0 Å². The van der Waals surface area contributed by atoms with Gasteiger partial charge in [0.05, 0.1) is 23.5 Å². The molecule has 2 fully saturated rings. The molecule has 0 aromatic heterocycles. The highest BCUT2D eigenvalue weighted by Gasteiger charge is 2.71. The van der Waals surface area contributed by atoms with Crippen LogP contribution in [0.4, 0.5) is 0 Å². The molecule has 0 saturated carbocycles. The van der Waals surface area contributed by atoms with E-state index in [1.165, 1.54) is 0 Å². The topological polar surface area (TPSA) is 55.4 Å². The van der Waals surface area contributed by atoms with Crippen molar-refractivity contribution in [2.75, 3.05) is 0 Å². The number of hydrogen-bond donors (Lipinski definition) is 1. The van der Waals surface area contributed by atoms with Crippen LogP contribution in [0.3, 0.4) is 0 Å². The molecule has 3 aliphatic rings. The van der Waals surface area contributed by atoms with Crippen molar-refractivity contribution in [1.82, 2.24) is 5.32 Å². The van der Waals surface area contributed by atoms with Crippen molar-refractivity contribution >= 4 is 11.7 Å². The molecule has 3 rings (SSSR count). The average molecular weight is 249 g/mol. The van der Waals surface area contributed by atoms with Crippen LogP contribution in [0.15, 0.2) is 12.2 Å². The Morgan fingerprint density at radius 1 is 1.44 bits per heavy atom. The Bertz CT molecular complexity index is 470. The number of ketones is 1. The molecule has 0 aromatic rings. The van der Waals surface area contributed by atoms with Crippen LogP contribution in [-0.2, 0) is 14.3 Å². The first-order chi connectivity index (χ1) is 8.32. The van der Waals surface area contributed by atoms with Gasteiger partial charge in [0.1, 0.15) is 11.4 Å². The standard InChI is InChI=1S/C14H19NO3/c1-7(2)11(16)9-10-12(17)15-8(3)14(10)6-5-13(9,4)18-14/h5-10H,1-4H3,(H,15,17)/t8-,9-,10+,13-,14-/m0/s1. The summed E-state index contributed by atoms with van der Waals surface area (Å²) in [5.74, 6) is -0.721. The van der Waals surface area contributed by atoms with E-state index < -0.39 is 11.2 Å². The highest BCUT2D eigenvalue weighted by atomic mass is 16.5. The molecular weight excluding hydrogens is 230 g/mol. The highest BCUT2D eigenvalue weighted by molar-refractivity contribution is 5.95. The average Bonchev–Trinajstić information content (AvgIpc) is 2.83. The van der Waals surface area contributed by atoms with Crippen LogP contribution in [0.25, 0.3) is 0 Å². The Labute approximate surface area is 107 Å². The molecule has 18 heavy (non-hydrogen) atoms. The molecule has 0 aliphatic carbocycles. The highest BCUT2D eigenvalue weighted by Crippen LogP contribution is 2.57. The maximum absolute atomic E-state index is 12.4. The van der Waals surface area contributed by atoms with Gasteiger partial charge in [-0.15, -0.1) is 0 Å². The number of amides is 1. The minimum atomic E-state index is -0.613. The van der Waals surface area contributed by atoms with Gasteiger partial charge in [0, 0.05) is 5.92 Å². The molecule has 1 spiro atoms. The lowest BCUT2D eigenvalue weighted by Gasteiger charge is -2.29. The molecule has 1 amide bonds. The summed E-state index contributed by atoms with van der Waals surface area (Å²) in [4.78, 5) is 24.6. The molecule has 3 aliphatic heterocycles. The number of Topliss-reactive ketones (excluding diaryl/α,β-unsaturated/α-hetero) is 1. The second-order valence-electron chi connectivity index (χ2n) is 6.22. The number of carbonyl (C=O) groups excluding carboxylic acids is 2. The fourth-order valence-corrected chi connectivity index (χ4v) is 3.75. The van der Waals surface area contributed by atoms with Crippen molar-refractivity contribution in [3.63, 3.8) is 0 Å². The first kappa shape index (κ1) is 11.9. The van der Waals surface area contributed by atoms with Crippen LogP contribution >= 0.6 is 0 Å². The fraction of sp³-hybridized carbons (Fsp3) is 0.714. The Morgan fingerprint density at radius 2 is 2.11 bits per heavy atom. The molecule has 0 aromatic carbocycles. The van der Waals surface area contributed by atoms with Gasteiger partial charge in [0.2, 0.25) is 5.91 Å². The minimum absolute atomic E-state index is 0.0467. The predicted molar refractivity (Wildman–Crippen MR) is 65.8 cm³/mol. The first-order valence-corrected chi connectivity index (χ1v) is 6.56. The van der Waals surface area contributed by atoms with E-state index in [4.69, 9.17) is 4.74 Å². The van der Waals surface area contributed by atoms with Gasteiger partial charge in [0.15, 0.2) is 0 Å². The van der Waals surface area contributed by atoms with Gasteiger partial charge in [-0.25, -0.2) is 0 Å². The van der Waals surface area contributed by atoms with Gasteiger partial charge in [0.25, 0.3) is 0 Å². The Balaban J connectivity index is 2.10. The summed E-state index contributed by atoms with van der Waals surface area (Å²) < 4.78 is 6.12. The normalized spacial score (nSPS) is 48.7. The van der Waals surface area contributed by atoms with Crippen molar-refractivity contribution in [1.29, 1.82) is 0 Å². The maximum atomic E-state index is 12.4. The summed E-state index contributed by atoms with van der Waals surface area (Å²) >= 11 is 0. The zero-order valence-corrected chi connectivity index (χ0v) is 11.2. The van der Waals surface area contributed by atoms with E-state index in [0.717, 1.165) is 0 Å². The summed E-state index contributed by atoms with van der Waals surface area (Å²) in [5.41, 5.74) is -1.22. The lowest BCUT2D eigenvalue weighted by molar-refractivity contribution is -0.135. The number of rotatable bonds is 2. The fourth-order valence-electron chi connectivity index (χ4n) is 3.75. The van der Waals surface area contributed by atoms with Gasteiger partial charge in [-0.3, -0.25) is 9.59 Å². The van der Waals surface area contributed by atoms with Gasteiger partial charge < -0.3 is 10.1 Å². The van der Waals surface area contributed by atoms with Crippen LogP contribution in [0.2, 0.25) is 0 Å². The molecule has 1 N–H and O–H groups in total. The van der Waals surface area contributed by atoms with Gasteiger partial charge >= 0.3 is 0 Å². The van der Waals surface area contributed by atoms with E-state index >= 15 is 0 Å². The van der Waals surface area contributed by atoms with Crippen molar-refractivity contribution in [2.24, 2.45) is 17.8 Å². The molecule has 4 heteroatoms. The number of hydrogen-bond acceptors (Lipinski definition) is 3. The van der Waals surface area contributed by atoms with Crippen LogP contribution in [0.1, 0.15) is 27.7 Å². The lowest BCUT2D eigenvalue weighted by Crippen LogP contribution is -2.44. The minimum Gasteiger partial charge on any atom is -0.357 e. The molecule has 3 heterocycles. The third-order valence-corrected chi connectivity index (χ3v) is 4.70. The second-order valence-corrected chi connectivity index (χ2v) is 6.22. The third-order valence-electron chi connectivity index (χ3n) is 4.70. The van der Waals surface area contributed by atoms with Crippen LogP contribution < -0.4 is 5.32 Å². The molecule has 2 saturated heterocycles. The quantitative estimate of drug-likeness (QED) is 0.744. The molecule has 4 nitrogen and oxygen atoms in total. The lowest BCUT2D eigenvalue weighted by atomic mass is 9.67. The molecule has 5 atom stereocenters. The smallest absolute Gasteiger partial charge is 0.227 e. The number of fused-ring (bicyclic) bond motifs is 1. The van der Waals surface area contributed by atoms with Crippen molar-refractivity contribution in [2.45, 2.75) is 44.9 Å².